The summed E-state index contributed by atoms with van der Waals surface area (Å²) in [5.74, 6) is 1.59. The molecule has 0 aromatic heterocycles. The molecule has 0 saturated carbocycles. The molecule has 2 saturated heterocycles. The van der Waals surface area contributed by atoms with Crippen molar-refractivity contribution in [1.29, 1.82) is 0 Å². The van der Waals surface area contributed by atoms with E-state index >= 15 is 0 Å². The van der Waals surface area contributed by atoms with E-state index < -0.39 is 9.84 Å². The summed E-state index contributed by atoms with van der Waals surface area (Å²) in [5, 5.41) is 0. The maximum absolute atomic E-state index is 11.4. The summed E-state index contributed by atoms with van der Waals surface area (Å²) in [6, 6.07) is 0. The van der Waals surface area contributed by atoms with Crippen LogP contribution < -0.4 is 5.73 Å². The number of morpholine rings is 1. The van der Waals surface area contributed by atoms with E-state index in [4.69, 9.17) is 10.5 Å². The summed E-state index contributed by atoms with van der Waals surface area (Å²) in [7, 11) is -2.76. The van der Waals surface area contributed by atoms with Gasteiger partial charge in [0.1, 0.15) is 9.84 Å². The fraction of sp³-hybridized carbons (Fsp3) is 1.00. The molecular weight excluding hydrogens is 252 g/mol. The zero-order chi connectivity index (χ0) is 13.0. The van der Waals surface area contributed by atoms with E-state index in [-0.39, 0.29) is 0 Å². The highest BCUT2D eigenvalue weighted by atomic mass is 32.2. The lowest BCUT2D eigenvalue weighted by Gasteiger charge is -2.35. The van der Waals surface area contributed by atoms with E-state index in [1.807, 2.05) is 0 Å². The van der Waals surface area contributed by atoms with Gasteiger partial charge in [-0.15, -0.1) is 0 Å². The molecule has 2 aliphatic rings. The van der Waals surface area contributed by atoms with Gasteiger partial charge < -0.3 is 10.5 Å². The van der Waals surface area contributed by atoms with E-state index in [0.29, 0.717) is 29.9 Å². The van der Waals surface area contributed by atoms with Crippen molar-refractivity contribution in [1.82, 2.24) is 4.90 Å². The van der Waals surface area contributed by atoms with Crippen LogP contribution in [0.3, 0.4) is 0 Å². The maximum Gasteiger partial charge on any atom is 0.150 e. The Bertz CT molecular complexity index is 338. The van der Waals surface area contributed by atoms with Crippen LogP contribution >= 0.6 is 0 Å². The first-order chi connectivity index (χ1) is 8.61. The summed E-state index contributed by atoms with van der Waals surface area (Å²) >= 11 is 0. The van der Waals surface area contributed by atoms with Crippen molar-refractivity contribution in [3.05, 3.63) is 0 Å². The zero-order valence-electron chi connectivity index (χ0n) is 10.9. The van der Waals surface area contributed by atoms with Crippen LogP contribution in [0.2, 0.25) is 0 Å². The standard InChI is InChI=1S/C12H24N2O3S/c13-9-12(10-14-3-5-17-6-4-14)11-1-7-18(15,16)8-2-11/h11-12H,1-10,13H2. The molecule has 5 nitrogen and oxygen atoms in total. The number of hydrogen-bond donors (Lipinski definition) is 1. The van der Waals surface area contributed by atoms with E-state index in [1.165, 1.54) is 0 Å². The lowest BCUT2D eigenvalue weighted by molar-refractivity contribution is 0.0260. The van der Waals surface area contributed by atoms with E-state index in [2.05, 4.69) is 4.90 Å². The lowest BCUT2D eigenvalue weighted by Crippen LogP contribution is -2.44. The molecule has 2 N–H and O–H groups in total. The van der Waals surface area contributed by atoms with Gasteiger partial charge in [0.15, 0.2) is 0 Å². The number of hydrogen-bond acceptors (Lipinski definition) is 5. The molecule has 0 aliphatic carbocycles. The molecule has 0 amide bonds. The minimum absolute atomic E-state index is 0.345. The molecule has 6 heteroatoms. The second kappa shape index (κ2) is 6.32. The van der Waals surface area contributed by atoms with E-state index in [1.54, 1.807) is 0 Å². The van der Waals surface area contributed by atoms with Gasteiger partial charge in [0.2, 0.25) is 0 Å². The Kier molecular flexibility index (Phi) is 5.00. The van der Waals surface area contributed by atoms with Crippen LogP contribution in [0.15, 0.2) is 0 Å². The van der Waals surface area contributed by atoms with Crippen molar-refractivity contribution in [2.24, 2.45) is 17.6 Å². The number of nitrogens with zero attached hydrogens (tertiary/aromatic N) is 1. The fourth-order valence-corrected chi connectivity index (χ4v) is 4.44. The molecule has 106 valence electrons. The largest absolute Gasteiger partial charge is 0.379 e. The first-order valence-corrected chi connectivity index (χ1v) is 8.63. The van der Waals surface area contributed by atoms with Crippen LogP contribution in [-0.4, -0.2) is 64.2 Å². The Labute approximate surface area is 110 Å². The Morgan fingerprint density at radius 3 is 2.39 bits per heavy atom. The average molecular weight is 276 g/mol. The molecule has 1 unspecified atom stereocenters. The van der Waals surface area contributed by atoms with Crippen LogP contribution in [0.1, 0.15) is 12.8 Å². The molecule has 2 fully saturated rings. The SMILES string of the molecule is NCC(CN1CCOCC1)C1CCS(=O)(=O)CC1. The summed E-state index contributed by atoms with van der Waals surface area (Å²) < 4.78 is 28.2. The van der Waals surface area contributed by atoms with Crippen molar-refractivity contribution in [3.8, 4) is 0 Å². The highest BCUT2D eigenvalue weighted by Crippen LogP contribution is 2.26. The first kappa shape index (κ1) is 14.2. The average Bonchev–Trinajstić information content (AvgIpc) is 2.38. The zero-order valence-corrected chi connectivity index (χ0v) is 11.7. The van der Waals surface area contributed by atoms with Gasteiger partial charge in [-0.25, -0.2) is 8.42 Å². The monoisotopic (exact) mass is 276 g/mol. The van der Waals surface area contributed by atoms with E-state index in [0.717, 1.165) is 45.7 Å². The lowest BCUT2D eigenvalue weighted by atomic mass is 9.87. The Hall–Kier alpha value is -0.170. The van der Waals surface area contributed by atoms with E-state index in [9.17, 15) is 8.42 Å². The molecule has 0 bridgehead atoms. The topological polar surface area (TPSA) is 72.6 Å². The molecule has 1 atom stereocenters. The predicted octanol–water partition coefficient (Wildman–Crippen LogP) is -0.282. The molecule has 2 aliphatic heterocycles. The molecule has 0 aromatic carbocycles. The Balaban J connectivity index is 1.84. The van der Waals surface area contributed by atoms with Crippen molar-refractivity contribution < 1.29 is 13.2 Å². The third-order valence-corrected chi connectivity index (χ3v) is 5.88. The van der Waals surface area contributed by atoms with Gasteiger partial charge in [-0.1, -0.05) is 0 Å². The quantitative estimate of drug-likeness (QED) is 0.764. The van der Waals surface area contributed by atoms with Gasteiger partial charge in [0.25, 0.3) is 0 Å². The fourth-order valence-electron chi connectivity index (χ4n) is 2.91. The second-order valence-electron chi connectivity index (χ2n) is 5.40. The second-order valence-corrected chi connectivity index (χ2v) is 7.70. The molecule has 2 rings (SSSR count). The third kappa shape index (κ3) is 3.91. The van der Waals surface area contributed by atoms with Crippen LogP contribution in [-0.2, 0) is 14.6 Å². The van der Waals surface area contributed by atoms with Crippen LogP contribution in [0.5, 0.6) is 0 Å². The molecule has 0 spiro atoms. The summed E-state index contributed by atoms with van der Waals surface area (Å²) in [4.78, 5) is 2.39. The Morgan fingerprint density at radius 1 is 1.22 bits per heavy atom. The molecule has 18 heavy (non-hydrogen) atoms. The number of sulfone groups is 1. The highest BCUT2D eigenvalue weighted by Gasteiger charge is 2.30. The highest BCUT2D eigenvalue weighted by molar-refractivity contribution is 7.91. The van der Waals surface area contributed by atoms with Crippen molar-refractivity contribution >= 4 is 9.84 Å². The first-order valence-electron chi connectivity index (χ1n) is 6.81. The molecular formula is C12H24N2O3S. The Morgan fingerprint density at radius 2 is 1.83 bits per heavy atom. The maximum atomic E-state index is 11.4. The summed E-state index contributed by atoms with van der Waals surface area (Å²) in [6.45, 7) is 5.20. The van der Waals surface area contributed by atoms with Crippen molar-refractivity contribution in [2.45, 2.75) is 12.8 Å². The normalized spacial score (nSPS) is 28.1. The molecule has 0 aromatic rings. The minimum atomic E-state index is -2.76. The van der Waals surface area contributed by atoms with Gasteiger partial charge in [-0.2, -0.15) is 0 Å². The van der Waals surface area contributed by atoms with Crippen LogP contribution in [0.25, 0.3) is 0 Å². The van der Waals surface area contributed by atoms with Crippen LogP contribution in [0, 0.1) is 11.8 Å². The van der Waals surface area contributed by atoms with Gasteiger partial charge in [-0.05, 0) is 31.2 Å². The van der Waals surface area contributed by atoms with Gasteiger partial charge >= 0.3 is 0 Å². The van der Waals surface area contributed by atoms with Crippen molar-refractivity contribution in [3.63, 3.8) is 0 Å². The van der Waals surface area contributed by atoms with Gasteiger partial charge in [-0.3, -0.25) is 4.90 Å². The third-order valence-electron chi connectivity index (χ3n) is 4.17. The van der Waals surface area contributed by atoms with Gasteiger partial charge in [0.05, 0.1) is 24.7 Å². The summed E-state index contributed by atoms with van der Waals surface area (Å²) in [6.07, 6.45) is 1.57. The smallest absolute Gasteiger partial charge is 0.150 e. The number of ether oxygens (including phenoxy) is 1. The molecule has 2 heterocycles. The molecule has 0 radical (unpaired) electrons. The van der Waals surface area contributed by atoms with Gasteiger partial charge in [0, 0.05) is 19.6 Å². The van der Waals surface area contributed by atoms with Crippen molar-refractivity contribution in [2.75, 3.05) is 50.9 Å². The minimum Gasteiger partial charge on any atom is -0.379 e. The number of rotatable bonds is 4. The summed E-state index contributed by atoms with van der Waals surface area (Å²) in [5.41, 5.74) is 5.88. The predicted molar refractivity (Wildman–Crippen MR) is 71.2 cm³/mol. The number of nitrogens with two attached hydrogens (primary N) is 1. The van der Waals surface area contributed by atoms with Crippen LogP contribution in [0.4, 0.5) is 0 Å².